The lowest BCUT2D eigenvalue weighted by molar-refractivity contribution is 0.402. The second-order valence-electron chi connectivity index (χ2n) is 4.79. The third-order valence-corrected chi connectivity index (χ3v) is 5.68. The van der Waals surface area contributed by atoms with Gasteiger partial charge in [-0.1, -0.05) is 12.1 Å². The van der Waals surface area contributed by atoms with Gasteiger partial charge in [-0.15, -0.1) is 11.3 Å². The first-order valence-electron chi connectivity index (χ1n) is 6.83. The maximum absolute atomic E-state index is 12.4. The molecule has 0 unspecified atom stereocenters. The molecular weight excluding hydrogens is 334 g/mol. The highest BCUT2D eigenvalue weighted by Gasteiger charge is 2.18. The van der Waals surface area contributed by atoms with Crippen LogP contribution in [0.2, 0.25) is 0 Å². The molecule has 0 aliphatic rings. The van der Waals surface area contributed by atoms with Crippen molar-refractivity contribution in [3.05, 3.63) is 59.2 Å². The molecule has 0 saturated carbocycles. The van der Waals surface area contributed by atoms with E-state index in [2.05, 4.69) is 4.72 Å². The summed E-state index contributed by atoms with van der Waals surface area (Å²) in [7, 11) is -2.18. The van der Waals surface area contributed by atoms with Crippen molar-refractivity contribution >= 4 is 21.4 Å². The molecule has 0 fully saturated rings. The minimum absolute atomic E-state index is 0.133. The number of methoxy groups -OCH3 is 1. The van der Waals surface area contributed by atoms with Gasteiger partial charge in [-0.2, -0.15) is 0 Å². The van der Waals surface area contributed by atoms with E-state index in [1.165, 1.54) is 24.5 Å². The number of rotatable bonds is 6. The Balaban J connectivity index is 1.75. The van der Waals surface area contributed by atoms with E-state index < -0.39 is 10.0 Å². The summed E-state index contributed by atoms with van der Waals surface area (Å²) in [6.45, 7) is 0.225. The molecule has 3 rings (SSSR count). The Labute approximate surface area is 138 Å². The number of hydrogen-bond acceptors (Lipinski definition) is 5. The van der Waals surface area contributed by atoms with Gasteiger partial charge in [0, 0.05) is 17.0 Å². The second-order valence-corrected chi connectivity index (χ2v) is 7.52. The van der Waals surface area contributed by atoms with Gasteiger partial charge in [0.1, 0.15) is 10.6 Å². The first-order chi connectivity index (χ1) is 11.1. The monoisotopic (exact) mass is 349 g/mol. The number of para-hydroxylation sites is 1. The largest absolute Gasteiger partial charge is 0.495 e. The van der Waals surface area contributed by atoms with Gasteiger partial charge in [0.2, 0.25) is 10.0 Å². The van der Waals surface area contributed by atoms with E-state index in [0.29, 0.717) is 5.75 Å². The maximum Gasteiger partial charge on any atom is 0.244 e. The van der Waals surface area contributed by atoms with Gasteiger partial charge in [-0.3, -0.25) is 0 Å². The second kappa shape index (κ2) is 6.57. The van der Waals surface area contributed by atoms with E-state index >= 15 is 0 Å². The van der Waals surface area contributed by atoms with Gasteiger partial charge in [0.25, 0.3) is 0 Å². The minimum Gasteiger partial charge on any atom is -0.495 e. The van der Waals surface area contributed by atoms with Crippen LogP contribution in [0.25, 0.3) is 11.1 Å². The highest BCUT2D eigenvalue weighted by atomic mass is 32.2. The molecule has 0 radical (unpaired) electrons. The Morgan fingerprint density at radius 1 is 1.22 bits per heavy atom. The van der Waals surface area contributed by atoms with Crippen LogP contribution in [0, 0.1) is 0 Å². The summed E-state index contributed by atoms with van der Waals surface area (Å²) >= 11 is 1.49. The number of ether oxygens (including phenoxy) is 1. The maximum atomic E-state index is 12.4. The molecule has 0 spiro atoms. The Hall–Kier alpha value is -2.09. The van der Waals surface area contributed by atoms with Gasteiger partial charge in [0.05, 0.1) is 19.6 Å². The summed E-state index contributed by atoms with van der Waals surface area (Å²) in [4.78, 5) is 1.05. The van der Waals surface area contributed by atoms with Gasteiger partial charge >= 0.3 is 0 Å². The summed E-state index contributed by atoms with van der Waals surface area (Å²) < 4.78 is 37.6. The van der Waals surface area contributed by atoms with Crippen molar-refractivity contribution in [2.45, 2.75) is 11.4 Å². The van der Waals surface area contributed by atoms with Crippen LogP contribution in [0.15, 0.2) is 63.6 Å². The molecule has 3 aromatic rings. The summed E-state index contributed by atoms with van der Waals surface area (Å²) in [6.07, 6.45) is 3.27. The van der Waals surface area contributed by atoms with Crippen LogP contribution in [0.3, 0.4) is 0 Å². The predicted octanol–water partition coefficient (Wildman–Crippen LogP) is 3.50. The van der Waals surface area contributed by atoms with Crippen LogP contribution >= 0.6 is 11.3 Å². The standard InChI is InChI=1S/C16H15NO4S2/c1-20-15-4-2-3-5-16(15)23(18,19)17-9-14-8-13(11-22-14)12-6-7-21-10-12/h2-8,10-11,17H,9H2,1H3. The first kappa shape index (κ1) is 15.8. The summed E-state index contributed by atoms with van der Waals surface area (Å²) in [5.74, 6) is 0.324. The molecule has 1 aromatic carbocycles. The topological polar surface area (TPSA) is 68.5 Å². The molecule has 2 aromatic heterocycles. The molecule has 23 heavy (non-hydrogen) atoms. The molecule has 0 aliphatic heterocycles. The fraction of sp³-hybridized carbons (Fsp3) is 0.125. The SMILES string of the molecule is COc1ccccc1S(=O)(=O)NCc1cc(-c2ccoc2)cs1. The Bertz CT molecular complexity index is 882. The highest BCUT2D eigenvalue weighted by Crippen LogP contribution is 2.27. The van der Waals surface area contributed by atoms with Gasteiger partial charge in [0.15, 0.2) is 0 Å². The van der Waals surface area contributed by atoms with Gasteiger partial charge < -0.3 is 9.15 Å². The number of hydrogen-bond donors (Lipinski definition) is 1. The van der Waals surface area contributed by atoms with Gasteiger partial charge in [-0.05, 0) is 35.2 Å². The predicted molar refractivity (Wildman–Crippen MR) is 89.0 cm³/mol. The normalized spacial score (nSPS) is 11.5. The number of furan rings is 1. The lowest BCUT2D eigenvalue weighted by Crippen LogP contribution is -2.23. The fourth-order valence-electron chi connectivity index (χ4n) is 2.14. The van der Waals surface area contributed by atoms with Crippen molar-refractivity contribution < 1.29 is 17.6 Å². The number of benzene rings is 1. The molecule has 0 atom stereocenters. The Kier molecular flexibility index (Phi) is 4.51. The van der Waals surface area contributed by atoms with Gasteiger partial charge in [-0.25, -0.2) is 13.1 Å². The fourth-order valence-corrected chi connectivity index (χ4v) is 4.24. The van der Waals surface area contributed by atoms with Crippen molar-refractivity contribution in [3.63, 3.8) is 0 Å². The van der Waals surface area contributed by atoms with E-state index in [-0.39, 0.29) is 11.4 Å². The Morgan fingerprint density at radius 2 is 2.04 bits per heavy atom. The molecule has 2 heterocycles. The van der Waals surface area contributed by atoms with Crippen LogP contribution in [0.4, 0.5) is 0 Å². The van der Waals surface area contributed by atoms with Crippen LogP contribution in [0.1, 0.15) is 4.88 Å². The molecule has 0 amide bonds. The van der Waals surface area contributed by atoms with E-state index in [4.69, 9.17) is 9.15 Å². The summed E-state index contributed by atoms with van der Waals surface area (Å²) in [6, 6.07) is 10.3. The summed E-state index contributed by atoms with van der Waals surface area (Å²) in [5, 5.41) is 1.97. The van der Waals surface area contributed by atoms with Crippen LogP contribution in [-0.2, 0) is 16.6 Å². The van der Waals surface area contributed by atoms with E-state index in [9.17, 15) is 8.42 Å². The summed E-state index contributed by atoms with van der Waals surface area (Å²) in [5.41, 5.74) is 1.98. The van der Waals surface area contributed by atoms with Crippen LogP contribution in [0.5, 0.6) is 5.75 Å². The van der Waals surface area contributed by atoms with Crippen molar-refractivity contribution in [2.24, 2.45) is 0 Å². The van der Waals surface area contributed by atoms with Crippen molar-refractivity contribution in [1.29, 1.82) is 0 Å². The van der Waals surface area contributed by atoms with Crippen molar-refractivity contribution in [1.82, 2.24) is 4.72 Å². The molecule has 0 saturated heterocycles. The third-order valence-electron chi connectivity index (χ3n) is 3.30. The Morgan fingerprint density at radius 3 is 2.78 bits per heavy atom. The van der Waals surface area contributed by atoms with E-state index in [1.807, 2.05) is 17.5 Å². The number of sulfonamides is 1. The zero-order valence-electron chi connectivity index (χ0n) is 12.4. The zero-order valence-corrected chi connectivity index (χ0v) is 14.0. The van der Waals surface area contributed by atoms with E-state index in [1.54, 1.807) is 30.7 Å². The van der Waals surface area contributed by atoms with Crippen molar-refractivity contribution in [2.75, 3.05) is 7.11 Å². The molecular formula is C16H15NO4S2. The smallest absolute Gasteiger partial charge is 0.244 e. The van der Waals surface area contributed by atoms with Crippen LogP contribution < -0.4 is 9.46 Å². The molecule has 0 bridgehead atoms. The first-order valence-corrected chi connectivity index (χ1v) is 9.19. The molecule has 120 valence electrons. The van der Waals surface area contributed by atoms with Crippen molar-refractivity contribution in [3.8, 4) is 16.9 Å². The molecule has 7 heteroatoms. The lowest BCUT2D eigenvalue weighted by Gasteiger charge is -2.09. The van der Waals surface area contributed by atoms with Crippen LogP contribution in [-0.4, -0.2) is 15.5 Å². The number of nitrogens with one attached hydrogen (secondary N) is 1. The average Bonchev–Trinajstić information content (AvgIpc) is 3.24. The third kappa shape index (κ3) is 3.47. The quantitative estimate of drug-likeness (QED) is 0.739. The molecule has 5 nitrogen and oxygen atoms in total. The average molecular weight is 349 g/mol. The minimum atomic E-state index is -3.63. The molecule has 0 aliphatic carbocycles. The molecule has 1 N–H and O–H groups in total. The number of thiophene rings is 1. The van der Waals surface area contributed by atoms with E-state index in [0.717, 1.165) is 16.0 Å². The highest BCUT2D eigenvalue weighted by molar-refractivity contribution is 7.89. The zero-order chi connectivity index (χ0) is 16.3. The lowest BCUT2D eigenvalue weighted by atomic mass is 10.2.